The molecule has 0 fully saturated rings. The van der Waals surface area contributed by atoms with Gasteiger partial charge < -0.3 is 0 Å². The van der Waals surface area contributed by atoms with Gasteiger partial charge in [0.15, 0.2) is 0 Å². The number of nitrogens with one attached hydrogen (secondary N) is 1. The van der Waals surface area contributed by atoms with Crippen molar-refractivity contribution >= 4 is 11.0 Å². The van der Waals surface area contributed by atoms with E-state index in [9.17, 15) is 0 Å². The molecule has 0 aliphatic heterocycles. The molecule has 17 heavy (non-hydrogen) atoms. The summed E-state index contributed by atoms with van der Waals surface area (Å²) in [7, 11) is 0. The topological polar surface area (TPSA) is 63.8 Å². The Kier molecular flexibility index (Phi) is 3.09. The zero-order chi connectivity index (χ0) is 12.5. The molecule has 0 saturated heterocycles. The van der Waals surface area contributed by atoms with E-state index in [1.807, 2.05) is 18.2 Å². The smallest absolute Gasteiger partial charge is 0.0890 e. The van der Waals surface area contributed by atoms with E-state index < -0.39 is 0 Å². The van der Waals surface area contributed by atoms with Gasteiger partial charge in [-0.25, -0.2) is 0 Å². The minimum Gasteiger partial charge on any atom is -0.271 e. The van der Waals surface area contributed by atoms with Gasteiger partial charge in [0.1, 0.15) is 0 Å². The van der Waals surface area contributed by atoms with Crippen LogP contribution in [0.25, 0.3) is 11.0 Å². The lowest BCUT2D eigenvalue weighted by atomic mass is 9.83. The molecular formula is C13H18N4. The van der Waals surface area contributed by atoms with E-state index in [1.165, 1.54) is 0 Å². The van der Waals surface area contributed by atoms with Crippen LogP contribution in [0.5, 0.6) is 0 Å². The van der Waals surface area contributed by atoms with Gasteiger partial charge in [-0.2, -0.15) is 0 Å². The molecule has 4 heteroatoms. The lowest BCUT2D eigenvalue weighted by Gasteiger charge is -2.30. The van der Waals surface area contributed by atoms with E-state index in [4.69, 9.17) is 5.84 Å². The number of nitrogens with zero attached hydrogens (tertiary/aromatic N) is 2. The van der Waals surface area contributed by atoms with Crippen LogP contribution in [0.1, 0.15) is 32.4 Å². The van der Waals surface area contributed by atoms with Crippen LogP contribution < -0.4 is 11.3 Å². The van der Waals surface area contributed by atoms with Gasteiger partial charge in [0.05, 0.1) is 17.1 Å². The molecule has 0 amide bonds. The molecule has 0 aliphatic carbocycles. The number of hydrogen-bond acceptors (Lipinski definition) is 4. The first-order chi connectivity index (χ1) is 8.02. The molecule has 3 N–H and O–H groups in total. The van der Waals surface area contributed by atoms with Crippen molar-refractivity contribution in [2.24, 2.45) is 11.3 Å². The summed E-state index contributed by atoms with van der Waals surface area (Å²) in [4.78, 5) is 8.57. The van der Waals surface area contributed by atoms with Gasteiger partial charge in [-0.3, -0.25) is 21.2 Å². The normalized spacial score (nSPS) is 13.9. The van der Waals surface area contributed by atoms with Gasteiger partial charge >= 0.3 is 0 Å². The minimum atomic E-state index is 0.0463. The van der Waals surface area contributed by atoms with Gasteiger partial charge in [-0.05, 0) is 23.1 Å². The van der Waals surface area contributed by atoms with E-state index in [0.717, 1.165) is 16.6 Å². The fraction of sp³-hybridized carbons (Fsp3) is 0.385. The van der Waals surface area contributed by atoms with Gasteiger partial charge in [-0.1, -0.05) is 26.8 Å². The van der Waals surface area contributed by atoms with Gasteiger partial charge in [0, 0.05) is 12.4 Å². The van der Waals surface area contributed by atoms with Crippen molar-refractivity contribution < 1.29 is 0 Å². The Morgan fingerprint density at radius 2 is 1.76 bits per heavy atom. The standard InChI is InChI=1S/C13H18N4/c1-13(2,3)12(17-14)9-4-5-10-11(8-9)16-7-6-15-10/h4-8,12,17H,14H2,1-3H3. The Bertz CT molecular complexity index is 516. The SMILES string of the molecule is CC(C)(C)C(NN)c1ccc2nccnc2c1. The van der Waals surface area contributed by atoms with Crippen LogP contribution in [-0.2, 0) is 0 Å². The third-order valence-corrected chi connectivity index (χ3v) is 2.86. The first-order valence-corrected chi connectivity index (χ1v) is 5.69. The van der Waals surface area contributed by atoms with E-state index in [2.05, 4.69) is 36.2 Å². The Hall–Kier alpha value is -1.52. The van der Waals surface area contributed by atoms with Gasteiger partial charge in [0.25, 0.3) is 0 Å². The number of fused-ring (bicyclic) bond motifs is 1. The summed E-state index contributed by atoms with van der Waals surface area (Å²) in [5, 5.41) is 0. The van der Waals surface area contributed by atoms with E-state index in [0.29, 0.717) is 0 Å². The molecule has 0 spiro atoms. The maximum Gasteiger partial charge on any atom is 0.0890 e. The average Bonchev–Trinajstić information content (AvgIpc) is 2.28. The molecule has 1 atom stereocenters. The molecule has 1 aromatic heterocycles. The zero-order valence-electron chi connectivity index (χ0n) is 10.4. The largest absolute Gasteiger partial charge is 0.271 e. The molecule has 0 saturated carbocycles. The van der Waals surface area contributed by atoms with Crippen molar-refractivity contribution in [1.29, 1.82) is 0 Å². The summed E-state index contributed by atoms with van der Waals surface area (Å²) < 4.78 is 0. The molecular weight excluding hydrogens is 212 g/mol. The molecule has 0 bridgehead atoms. The van der Waals surface area contributed by atoms with Crippen molar-refractivity contribution in [1.82, 2.24) is 15.4 Å². The Balaban J connectivity index is 2.48. The number of rotatable bonds is 2. The minimum absolute atomic E-state index is 0.0463. The quantitative estimate of drug-likeness (QED) is 0.613. The number of benzene rings is 1. The summed E-state index contributed by atoms with van der Waals surface area (Å²) in [6.07, 6.45) is 3.40. The fourth-order valence-electron chi connectivity index (χ4n) is 2.01. The van der Waals surface area contributed by atoms with Crippen molar-refractivity contribution in [2.45, 2.75) is 26.8 Å². The second-order valence-electron chi connectivity index (χ2n) is 5.27. The highest BCUT2D eigenvalue weighted by Crippen LogP contribution is 2.32. The molecule has 0 radical (unpaired) electrons. The number of aromatic nitrogens is 2. The molecule has 1 aromatic carbocycles. The number of hydrazine groups is 1. The second kappa shape index (κ2) is 4.39. The zero-order valence-corrected chi connectivity index (χ0v) is 10.4. The van der Waals surface area contributed by atoms with E-state index >= 15 is 0 Å². The van der Waals surface area contributed by atoms with Crippen LogP contribution in [0.4, 0.5) is 0 Å². The predicted molar refractivity (Wildman–Crippen MR) is 69.1 cm³/mol. The summed E-state index contributed by atoms with van der Waals surface area (Å²) in [6, 6.07) is 6.16. The summed E-state index contributed by atoms with van der Waals surface area (Å²) in [5.41, 5.74) is 5.85. The van der Waals surface area contributed by atoms with Crippen LogP contribution in [0, 0.1) is 5.41 Å². The fourth-order valence-corrected chi connectivity index (χ4v) is 2.01. The van der Waals surface area contributed by atoms with Crippen molar-refractivity contribution in [3.8, 4) is 0 Å². The van der Waals surface area contributed by atoms with Crippen LogP contribution >= 0.6 is 0 Å². The van der Waals surface area contributed by atoms with Crippen molar-refractivity contribution in [3.63, 3.8) is 0 Å². The maximum atomic E-state index is 5.65. The third kappa shape index (κ3) is 2.43. The number of hydrogen-bond donors (Lipinski definition) is 2. The molecule has 4 nitrogen and oxygen atoms in total. The second-order valence-corrected chi connectivity index (χ2v) is 5.27. The van der Waals surface area contributed by atoms with Crippen LogP contribution in [0.15, 0.2) is 30.6 Å². The highest BCUT2D eigenvalue weighted by molar-refractivity contribution is 5.74. The molecule has 90 valence electrons. The monoisotopic (exact) mass is 230 g/mol. The Labute approximate surface area is 101 Å². The molecule has 1 heterocycles. The Morgan fingerprint density at radius 1 is 1.12 bits per heavy atom. The van der Waals surface area contributed by atoms with Crippen LogP contribution in [0.2, 0.25) is 0 Å². The lowest BCUT2D eigenvalue weighted by Crippen LogP contribution is -2.36. The Morgan fingerprint density at radius 3 is 2.35 bits per heavy atom. The van der Waals surface area contributed by atoms with Crippen LogP contribution in [-0.4, -0.2) is 9.97 Å². The predicted octanol–water partition coefficient (Wildman–Crippen LogP) is 2.18. The van der Waals surface area contributed by atoms with Crippen molar-refractivity contribution in [3.05, 3.63) is 36.2 Å². The lowest BCUT2D eigenvalue weighted by molar-refractivity contribution is 0.276. The van der Waals surface area contributed by atoms with Gasteiger partial charge in [-0.15, -0.1) is 0 Å². The molecule has 2 aromatic rings. The summed E-state index contributed by atoms with van der Waals surface area (Å²) >= 11 is 0. The van der Waals surface area contributed by atoms with E-state index in [-0.39, 0.29) is 11.5 Å². The van der Waals surface area contributed by atoms with Crippen LogP contribution in [0.3, 0.4) is 0 Å². The number of nitrogens with two attached hydrogens (primary N) is 1. The average molecular weight is 230 g/mol. The van der Waals surface area contributed by atoms with E-state index in [1.54, 1.807) is 12.4 Å². The molecule has 0 aliphatic rings. The highest BCUT2D eigenvalue weighted by atomic mass is 15.2. The van der Waals surface area contributed by atoms with Gasteiger partial charge in [0.2, 0.25) is 0 Å². The highest BCUT2D eigenvalue weighted by Gasteiger charge is 2.25. The first kappa shape index (κ1) is 12.0. The summed E-state index contributed by atoms with van der Waals surface area (Å²) in [6.45, 7) is 6.45. The maximum absolute atomic E-state index is 5.65. The summed E-state index contributed by atoms with van der Waals surface area (Å²) in [5.74, 6) is 5.65. The van der Waals surface area contributed by atoms with Crippen molar-refractivity contribution in [2.75, 3.05) is 0 Å². The third-order valence-electron chi connectivity index (χ3n) is 2.86. The first-order valence-electron chi connectivity index (χ1n) is 5.69. The molecule has 2 rings (SSSR count). The molecule has 1 unspecified atom stereocenters.